The van der Waals surface area contributed by atoms with Gasteiger partial charge in [-0.2, -0.15) is 9.61 Å². The van der Waals surface area contributed by atoms with E-state index in [9.17, 15) is 0 Å². The summed E-state index contributed by atoms with van der Waals surface area (Å²) in [5.74, 6) is 1.81. The SMILES string of the molecule is CCCc1nnc2sc(COc3ccccc3C)nn12. The molecule has 2 heterocycles. The molecule has 0 saturated heterocycles. The third-order valence-electron chi connectivity index (χ3n) is 3.02. The summed E-state index contributed by atoms with van der Waals surface area (Å²) < 4.78 is 7.63. The smallest absolute Gasteiger partial charge is 0.234 e. The molecule has 2 aromatic heterocycles. The molecule has 0 unspecified atom stereocenters. The zero-order valence-corrected chi connectivity index (χ0v) is 12.4. The maximum atomic E-state index is 5.81. The number of fused-ring (bicyclic) bond motifs is 1. The molecule has 0 radical (unpaired) electrons. The van der Waals surface area contributed by atoms with E-state index < -0.39 is 0 Å². The van der Waals surface area contributed by atoms with E-state index in [0.29, 0.717) is 6.61 Å². The van der Waals surface area contributed by atoms with Crippen molar-refractivity contribution in [3.05, 3.63) is 40.7 Å². The van der Waals surface area contributed by atoms with Gasteiger partial charge in [0.25, 0.3) is 0 Å². The number of ether oxygens (including phenoxy) is 1. The van der Waals surface area contributed by atoms with Gasteiger partial charge in [-0.05, 0) is 25.0 Å². The van der Waals surface area contributed by atoms with E-state index >= 15 is 0 Å². The monoisotopic (exact) mass is 288 g/mol. The number of aryl methyl sites for hydroxylation is 2. The highest BCUT2D eigenvalue weighted by Gasteiger charge is 2.11. The summed E-state index contributed by atoms with van der Waals surface area (Å²) in [6.07, 6.45) is 1.93. The molecule has 0 saturated carbocycles. The third-order valence-corrected chi connectivity index (χ3v) is 3.89. The van der Waals surface area contributed by atoms with E-state index in [1.807, 2.05) is 35.7 Å². The summed E-state index contributed by atoms with van der Waals surface area (Å²) in [5, 5.41) is 13.7. The highest BCUT2D eigenvalue weighted by molar-refractivity contribution is 7.16. The summed E-state index contributed by atoms with van der Waals surface area (Å²) >= 11 is 1.52. The van der Waals surface area contributed by atoms with Crippen molar-refractivity contribution in [2.75, 3.05) is 0 Å². The topological polar surface area (TPSA) is 52.3 Å². The van der Waals surface area contributed by atoms with Gasteiger partial charge < -0.3 is 4.74 Å². The standard InChI is InChI=1S/C14H16N4OS/c1-3-6-12-15-16-14-18(12)17-13(20-14)9-19-11-8-5-4-7-10(11)2/h4-5,7-8H,3,6,9H2,1-2H3. The van der Waals surface area contributed by atoms with Crippen LogP contribution in [0.15, 0.2) is 24.3 Å². The van der Waals surface area contributed by atoms with Gasteiger partial charge in [0.1, 0.15) is 12.4 Å². The van der Waals surface area contributed by atoms with Gasteiger partial charge in [0.2, 0.25) is 4.96 Å². The Hall–Kier alpha value is -1.95. The highest BCUT2D eigenvalue weighted by atomic mass is 32.1. The van der Waals surface area contributed by atoms with Crippen LogP contribution in [-0.2, 0) is 13.0 Å². The normalized spacial score (nSPS) is 11.1. The Morgan fingerprint density at radius 2 is 2.10 bits per heavy atom. The predicted molar refractivity (Wildman–Crippen MR) is 78.2 cm³/mol. The number of hydrogen-bond acceptors (Lipinski definition) is 5. The Morgan fingerprint density at radius 3 is 2.90 bits per heavy atom. The van der Waals surface area contributed by atoms with Crippen LogP contribution in [-0.4, -0.2) is 19.8 Å². The summed E-state index contributed by atoms with van der Waals surface area (Å²) in [4.78, 5) is 0.830. The second kappa shape index (κ2) is 5.58. The van der Waals surface area contributed by atoms with E-state index in [0.717, 1.165) is 39.9 Å². The van der Waals surface area contributed by atoms with Crippen LogP contribution in [0.2, 0.25) is 0 Å². The molecule has 0 fully saturated rings. The van der Waals surface area contributed by atoms with Gasteiger partial charge in [-0.3, -0.25) is 0 Å². The lowest BCUT2D eigenvalue weighted by atomic mass is 10.2. The zero-order valence-electron chi connectivity index (χ0n) is 11.5. The molecule has 3 aromatic rings. The molecule has 20 heavy (non-hydrogen) atoms. The van der Waals surface area contributed by atoms with Crippen LogP contribution in [0.3, 0.4) is 0 Å². The van der Waals surface area contributed by atoms with Gasteiger partial charge in [-0.1, -0.05) is 36.5 Å². The first-order chi connectivity index (χ1) is 9.78. The fourth-order valence-electron chi connectivity index (χ4n) is 1.99. The molecule has 1 aromatic carbocycles. The first kappa shape index (κ1) is 13.1. The van der Waals surface area contributed by atoms with Crippen LogP contribution in [0.1, 0.15) is 29.7 Å². The Morgan fingerprint density at radius 1 is 1.25 bits per heavy atom. The van der Waals surface area contributed by atoms with Crippen molar-refractivity contribution in [1.29, 1.82) is 0 Å². The van der Waals surface area contributed by atoms with E-state index in [1.54, 1.807) is 0 Å². The number of hydrogen-bond donors (Lipinski definition) is 0. The van der Waals surface area contributed by atoms with Crippen LogP contribution in [0.25, 0.3) is 4.96 Å². The van der Waals surface area contributed by atoms with Crippen molar-refractivity contribution < 1.29 is 4.74 Å². The second-order valence-corrected chi connectivity index (χ2v) is 5.65. The lowest BCUT2D eigenvalue weighted by Crippen LogP contribution is -2.00. The number of nitrogens with zero attached hydrogens (tertiary/aromatic N) is 4. The van der Waals surface area contributed by atoms with Crippen molar-refractivity contribution in [2.45, 2.75) is 33.3 Å². The van der Waals surface area contributed by atoms with E-state index in [-0.39, 0.29) is 0 Å². The maximum absolute atomic E-state index is 5.81. The largest absolute Gasteiger partial charge is 0.486 e. The zero-order chi connectivity index (χ0) is 13.9. The van der Waals surface area contributed by atoms with E-state index in [4.69, 9.17) is 4.74 Å². The molecule has 104 valence electrons. The molecule has 0 spiro atoms. The lowest BCUT2D eigenvalue weighted by molar-refractivity contribution is 0.302. The van der Waals surface area contributed by atoms with Crippen LogP contribution in [0.5, 0.6) is 5.75 Å². The molecule has 0 aliphatic carbocycles. The van der Waals surface area contributed by atoms with Gasteiger partial charge in [-0.25, -0.2) is 0 Å². The molecule has 0 aliphatic heterocycles. The molecular weight excluding hydrogens is 272 g/mol. The average Bonchev–Trinajstić information content (AvgIpc) is 3.00. The second-order valence-electron chi connectivity index (χ2n) is 4.61. The van der Waals surface area contributed by atoms with Crippen molar-refractivity contribution in [3.8, 4) is 5.75 Å². The average molecular weight is 288 g/mol. The van der Waals surface area contributed by atoms with Crippen molar-refractivity contribution in [3.63, 3.8) is 0 Å². The number of para-hydroxylation sites is 1. The molecular formula is C14H16N4OS. The predicted octanol–water partition coefficient (Wildman–Crippen LogP) is 3.03. The van der Waals surface area contributed by atoms with Crippen LogP contribution < -0.4 is 4.74 Å². The van der Waals surface area contributed by atoms with Gasteiger partial charge in [-0.15, -0.1) is 10.2 Å². The summed E-state index contributed by atoms with van der Waals surface area (Å²) in [6, 6.07) is 7.98. The molecule has 5 nitrogen and oxygen atoms in total. The fourth-order valence-corrected chi connectivity index (χ4v) is 2.76. The van der Waals surface area contributed by atoms with Gasteiger partial charge in [0.05, 0.1) is 0 Å². The fraction of sp³-hybridized carbons (Fsp3) is 0.357. The van der Waals surface area contributed by atoms with Crippen LogP contribution in [0.4, 0.5) is 0 Å². The first-order valence-electron chi connectivity index (χ1n) is 6.66. The summed E-state index contributed by atoms with van der Waals surface area (Å²) in [5.41, 5.74) is 1.13. The molecule has 3 rings (SSSR count). The van der Waals surface area contributed by atoms with Crippen molar-refractivity contribution in [2.24, 2.45) is 0 Å². The minimum absolute atomic E-state index is 0.463. The van der Waals surface area contributed by atoms with Crippen LogP contribution >= 0.6 is 11.3 Å². The van der Waals surface area contributed by atoms with E-state index in [2.05, 4.69) is 22.2 Å². The Labute approximate surface area is 121 Å². The lowest BCUT2D eigenvalue weighted by Gasteiger charge is -2.06. The van der Waals surface area contributed by atoms with Gasteiger partial charge in [0.15, 0.2) is 10.8 Å². The minimum Gasteiger partial charge on any atom is -0.486 e. The molecule has 0 amide bonds. The van der Waals surface area contributed by atoms with Crippen LogP contribution in [0, 0.1) is 6.92 Å². The highest BCUT2D eigenvalue weighted by Crippen LogP contribution is 2.20. The minimum atomic E-state index is 0.463. The summed E-state index contributed by atoms with van der Waals surface area (Å²) in [6.45, 7) is 4.62. The van der Waals surface area contributed by atoms with Gasteiger partial charge in [0, 0.05) is 6.42 Å². The van der Waals surface area contributed by atoms with E-state index in [1.165, 1.54) is 11.3 Å². The maximum Gasteiger partial charge on any atom is 0.234 e. The summed E-state index contributed by atoms with van der Waals surface area (Å²) in [7, 11) is 0. The first-order valence-corrected chi connectivity index (χ1v) is 7.48. The number of rotatable bonds is 5. The Kier molecular flexibility index (Phi) is 3.64. The molecule has 0 atom stereocenters. The Balaban J connectivity index is 1.76. The Bertz CT molecular complexity index is 719. The third kappa shape index (κ3) is 2.51. The number of benzene rings is 1. The molecule has 0 bridgehead atoms. The molecule has 0 N–H and O–H groups in total. The quantitative estimate of drug-likeness (QED) is 0.724. The van der Waals surface area contributed by atoms with Crippen molar-refractivity contribution >= 4 is 16.3 Å². The molecule has 0 aliphatic rings. The van der Waals surface area contributed by atoms with Gasteiger partial charge >= 0.3 is 0 Å². The van der Waals surface area contributed by atoms with Crippen molar-refractivity contribution in [1.82, 2.24) is 19.8 Å². The molecule has 6 heteroatoms. The number of aromatic nitrogens is 4.